The molecule has 5 nitrogen and oxygen atoms in total. The van der Waals surface area contributed by atoms with Gasteiger partial charge in [0.05, 0.1) is 0 Å². The van der Waals surface area contributed by atoms with Crippen LogP contribution in [0.3, 0.4) is 0 Å². The number of carboxylic acid groups (broad SMARTS) is 1. The van der Waals surface area contributed by atoms with Crippen LogP contribution >= 0.6 is 0 Å². The average Bonchev–Trinajstić information content (AvgIpc) is 2.24. The Balaban J connectivity index is 2.83. The summed E-state index contributed by atoms with van der Waals surface area (Å²) in [5.41, 5.74) is 0. The maximum absolute atomic E-state index is 12.5. The molecule has 0 radical (unpaired) electrons. The Morgan fingerprint density at radius 3 is 2.17 bits per heavy atom. The van der Waals surface area contributed by atoms with Crippen molar-refractivity contribution >= 4 is 12.0 Å². The lowest BCUT2D eigenvalue weighted by atomic mass is 9.98. The Morgan fingerprint density at radius 1 is 1.28 bits per heavy atom. The number of carbonyl (C=O) groups is 2. The standard InChI is InChI=1S/C13H24N2O3/c1-9(2)14(8-12(16)17)13(18)15-10(3)6-5-7-11(15)4/h9-11H,5-8H2,1-4H3,(H,16,17). The van der Waals surface area contributed by atoms with E-state index in [1.54, 1.807) is 0 Å². The monoisotopic (exact) mass is 256 g/mol. The fraction of sp³-hybridized carbons (Fsp3) is 0.846. The minimum Gasteiger partial charge on any atom is -0.480 e. The fourth-order valence-electron chi connectivity index (χ4n) is 2.56. The first-order valence-corrected chi connectivity index (χ1v) is 6.65. The van der Waals surface area contributed by atoms with Gasteiger partial charge in [-0.15, -0.1) is 0 Å². The maximum atomic E-state index is 12.5. The zero-order chi connectivity index (χ0) is 13.9. The van der Waals surface area contributed by atoms with Crippen molar-refractivity contribution in [1.29, 1.82) is 0 Å². The van der Waals surface area contributed by atoms with E-state index in [1.165, 1.54) is 4.90 Å². The first-order chi connectivity index (χ1) is 8.34. The van der Waals surface area contributed by atoms with Gasteiger partial charge >= 0.3 is 12.0 Å². The van der Waals surface area contributed by atoms with Gasteiger partial charge in [-0.05, 0) is 47.0 Å². The van der Waals surface area contributed by atoms with E-state index in [1.807, 2.05) is 32.6 Å². The topological polar surface area (TPSA) is 60.9 Å². The number of likely N-dealkylation sites (tertiary alicyclic amines) is 1. The van der Waals surface area contributed by atoms with Gasteiger partial charge in [0.1, 0.15) is 6.54 Å². The molecule has 1 saturated heterocycles. The number of hydrogen-bond acceptors (Lipinski definition) is 2. The highest BCUT2D eigenvalue weighted by atomic mass is 16.4. The molecule has 2 amide bonds. The Kier molecular flexibility index (Phi) is 4.99. The third kappa shape index (κ3) is 3.37. The lowest BCUT2D eigenvalue weighted by Gasteiger charge is -2.42. The summed E-state index contributed by atoms with van der Waals surface area (Å²) < 4.78 is 0. The molecule has 0 aromatic carbocycles. The van der Waals surface area contributed by atoms with Gasteiger partial charge < -0.3 is 14.9 Å². The summed E-state index contributed by atoms with van der Waals surface area (Å²) in [6.45, 7) is 7.53. The fourth-order valence-corrected chi connectivity index (χ4v) is 2.56. The number of carboxylic acids is 1. The minimum atomic E-state index is -0.964. The molecule has 2 atom stereocenters. The molecule has 2 unspecified atom stereocenters. The Bertz CT molecular complexity index is 307. The van der Waals surface area contributed by atoms with Crippen LogP contribution < -0.4 is 0 Å². The van der Waals surface area contributed by atoms with Crippen LogP contribution in [0.15, 0.2) is 0 Å². The summed E-state index contributed by atoms with van der Waals surface area (Å²) in [7, 11) is 0. The molecule has 18 heavy (non-hydrogen) atoms. The van der Waals surface area contributed by atoms with Gasteiger partial charge in [-0.2, -0.15) is 0 Å². The molecule has 1 aliphatic heterocycles. The molecule has 0 aromatic rings. The van der Waals surface area contributed by atoms with E-state index in [0.29, 0.717) is 0 Å². The predicted molar refractivity (Wildman–Crippen MR) is 69.5 cm³/mol. The van der Waals surface area contributed by atoms with E-state index in [4.69, 9.17) is 5.11 Å². The van der Waals surface area contributed by atoms with Crippen molar-refractivity contribution in [3.63, 3.8) is 0 Å². The van der Waals surface area contributed by atoms with Gasteiger partial charge in [0, 0.05) is 18.1 Å². The summed E-state index contributed by atoms with van der Waals surface area (Å²) in [4.78, 5) is 26.6. The Labute approximate surface area is 109 Å². The number of amides is 2. The largest absolute Gasteiger partial charge is 0.480 e. The summed E-state index contributed by atoms with van der Waals surface area (Å²) in [5, 5.41) is 8.90. The van der Waals surface area contributed by atoms with Crippen LogP contribution in [0.4, 0.5) is 4.79 Å². The number of hydrogen-bond donors (Lipinski definition) is 1. The molecule has 1 rings (SSSR count). The van der Waals surface area contributed by atoms with Crippen molar-refractivity contribution in [2.45, 2.75) is 65.1 Å². The van der Waals surface area contributed by atoms with Crippen molar-refractivity contribution in [3.05, 3.63) is 0 Å². The van der Waals surface area contributed by atoms with Crippen molar-refractivity contribution in [3.8, 4) is 0 Å². The molecule has 1 N–H and O–H groups in total. The van der Waals surface area contributed by atoms with Crippen LogP contribution in [0, 0.1) is 0 Å². The lowest BCUT2D eigenvalue weighted by molar-refractivity contribution is -0.138. The maximum Gasteiger partial charge on any atom is 0.323 e. The second kappa shape index (κ2) is 6.07. The van der Waals surface area contributed by atoms with E-state index in [2.05, 4.69) is 0 Å². The zero-order valence-corrected chi connectivity index (χ0v) is 11.7. The highest BCUT2D eigenvalue weighted by molar-refractivity contribution is 5.81. The van der Waals surface area contributed by atoms with Crippen LogP contribution in [-0.2, 0) is 4.79 Å². The predicted octanol–water partition coefficient (Wildman–Crippen LogP) is 2.16. The third-order valence-electron chi connectivity index (χ3n) is 3.59. The molecule has 0 aliphatic carbocycles. The molecule has 0 aromatic heterocycles. The van der Waals surface area contributed by atoms with Crippen LogP contribution in [-0.4, -0.2) is 51.6 Å². The van der Waals surface area contributed by atoms with Crippen molar-refractivity contribution in [2.75, 3.05) is 6.54 Å². The number of nitrogens with zero attached hydrogens (tertiary/aromatic N) is 2. The number of piperidine rings is 1. The summed E-state index contributed by atoms with van der Waals surface area (Å²) in [6.07, 6.45) is 3.12. The minimum absolute atomic E-state index is 0.102. The molecule has 104 valence electrons. The third-order valence-corrected chi connectivity index (χ3v) is 3.59. The second-order valence-corrected chi connectivity index (χ2v) is 5.43. The van der Waals surface area contributed by atoms with E-state index in [0.717, 1.165) is 19.3 Å². The van der Waals surface area contributed by atoms with Crippen molar-refractivity contribution < 1.29 is 14.7 Å². The second-order valence-electron chi connectivity index (χ2n) is 5.43. The Morgan fingerprint density at radius 2 is 1.78 bits per heavy atom. The smallest absolute Gasteiger partial charge is 0.323 e. The van der Waals surface area contributed by atoms with E-state index in [-0.39, 0.29) is 30.7 Å². The number of carbonyl (C=O) groups excluding carboxylic acids is 1. The molecule has 5 heteroatoms. The van der Waals surface area contributed by atoms with Gasteiger partial charge in [-0.25, -0.2) is 4.79 Å². The van der Waals surface area contributed by atoms with Gasteiger partial charge in [-0.3, -0.25) is 4.79 Å². The normalized spacial score (nSPS) is 24.2. The summed E-state index contributed by atoms with van der Waals surface area (Å²) in [6, 6.07) is 0.134. The number of rotatable bonds is 3. The summed E-state index contributed by atoms with van der Waals surface area (Å²) >= 11 is 0. The number of urea groups is 1. The number of aliphatic carboxylic acids is 1. The average molecular weight is 256 g/mol. The summed E-state index contributed by atoms with van der Waals surface area (Å²) in [5.74, 6) is -0.964. The quantitative estimate of drug-likeness (QED) is 0.841. The van der Waals surface area contributed by atoms with E-state index < -0.39 is 5.97 Å². The first kappa shape index (κ1) is 14.8. The van der Waals surface area contributed by atoms with Gasteiger partial charge in [0.25, 0.3) is 0 Å². The van der Waals surface area contributed by atoms with Crippen molar-refractivity contribution in [2.24, 2.45) is 0 Å². The van der Waals surface area contributed by atoms with E-state index in [9.17, 15) is 9.59 Å². The highest BCUT2D eigenvalue weighted by Gasteiger charge is 2.33. The molecular weight excluding hydrogens is 232 g/mol. The molecule has 0 spiro atoms. The van der Waals surface area contributed by atoms with Crippen LogP contribution in [0.2, 0.25) is 0 Å². The van der Waals surface area contributed by atoms with Crippen molar-refractivity contribution in [1.82, 2.24) is 9.80 Å². The lowest BCUT2D eigenvalue weighted by Crippen LogP contribution is -2.55. The van der Waals surface area contributed by atoms with E-state index >= 15 is 0 Å². The first-order valence-electron chi connectivity index (χ1n) is 6.65. The zero-order valence-electron chi connectivity index (χ0n) is 11.7. The SMILES string of the molecule is CC(C)N(CC(=O)O)C(=O)N1C(C)CCCC1C. The van der Waals surface area contributed by atoms with Crippen LogP contribution in [0.25, 0.3) is 0 Å². The van der Waals surface area contributed by atoms with Crippen LogP contribution in [0.5, 0.6) is 0 Å². The highest BCUT2D eigenvalue weighted by Crippen LogP contribution is 2.24. The van der Waals surface area contributed by atoms with Crippen LogP contribution in [0.1, 0.15) is 47.0 Å². The molecule has 0 bridgehead atoms. The molecule has 1 aliphatic rings. The molecule has 0 saturated carbocycles. The van der Waals surface area contributed by atoms with Gasteiger partial charge in [-0.1, -0.05) is 0 Å². The molecule has 1 heterocycles. The van der Waals surface area contributed by atoms with Gasteiger partial charge in [0.15, 0.2) is 0 Å². The Hall–Kier alpha value is -1.26. The molecule has 1 fully saturated rings. The molecular formula is C13H24N2O3. The van der Waals surface area contributed by atoms with Gasteiger partial charge in [0.2, 0.25) is 0 Å².